The Hall–Kier alpha value is -2.43. The van der Waals surface area contributed by atoms with Gasteiger partial charge in [0, 0.05) is 12.1 Å². The third-order valence-electron chi connectivity index (χ3n) is 3.36. The van der Waals surface area contributed by atoms with Crippen molar-refractivity contribution in [1.82, 2.24) is 0 Å². The average molecular weight is 273 g/mol. The van der Waals surface area contributed by atoms with Crippen LogP contribution < -0.4 is 4.90 Å². The van der Waals surface area contributed by atoms with E-state index in [1.165, 1.54) is 17.9 Å². The fourth-order valence-corrected chi connectivity index (χ4v) is 2.06. The Morgan fingerprint density at radius 2 is 2.05 bits per heavy atom. The van der Waals surface area contributed by atoms with E-state index < -0.39 is 17.7 Å². The second-order valence-electron chi connectivity index (χ2n) is 4.64. The molecule has 1 aromatic carbocycles. The molecule has 0 aliphatic carbocycles. The number of anilines is 1. The van der Waals surface area contributed by atoms with Crippen LogP contribution in [0.4, 0.5) is 5.69 Å². The van der Waals surface area contributed by atoms with Gasteiger partial charge in [0.15, 0.2) is 0 Å². The van der Waals surface area contributed by atoms with E-state index in [-0.39, 0.29) is 12.1 Å². The van der Waals surface area contributed by atoms with Crippen molar-refractivity contribution in [1.29, 1.82) is 0 Å². The topological polar surface area (TPSA) is 74.7 Å². The van der Waals surface area contributed by atoms with Gasteiger partial charge in [-0.2, -0.15) is 0 Å². The van der Waals surface area contributed by atoms with Crippen LogP contribution in [0, 0.1) is 0 Å². The van der Waals surface area contributed by atoms with Crippen molar-refractivity contribution < 1.29 is 19.5 Å². The molecule has 1 N–H and O–H groups in total. The maximum Gasteiger partial charge on any atom is 0.331 e. The zero-order valence-corrected chi connectivity index (χ0v) is 11.3. The van der Waals surface area contributed by atoms with Gasteiger partial charge in [-0.15, -0.1) is 0 Å². The van der Waals surface area contributed by atoms with E-state index in [1.54, 1.807) is 12.1 Å². The number of carbonyl (C=O) groups is 3. The number of Topliss-reactive ketones (excluding diaryl/α,β-unsaturated/α-hetero) is 1. The molecule has 1 aliphatic rings. The van der Waals surface area contributed by atoms with Gasteiger partial charge in [-0.25, -0.2) is 4.79 Å². The molecule has 0 spiro atoms. The molecule has 0 saturated carbocycles. The van der Waals surface area contributed by atoms with Crippen LogP contribution in [-0.2, 0) is 16.0 Å². The largest absolute Gasteiger partial charge is 0.478 e. The number of rotatable bonds is 4. The van der Waals surface area contributed by atoms with E-state index in [0.717, 1.165) is 12.0 Å². The minimum Gasteiger partial charge on any atom is -0.478 e. The lowest BCUT2D eigenvalue weighted by Gasteiger charge is -2.14. The number of hydrogen-bond donors (Lipinski definition) is 1. The zero-order chi connectivity index (χ0) is 14.9. The average Bonchev–Trinajstić information content (AvgIpc) is 2.68. The number of nitrogens with zero attached hydrogens (tertiary/aromatic N) is 1. The second kappa shape index (κ2) is 5.28. The van der Waals surface area contributed by atoms with E-state index >= 15 is 0 Å². The normalized spacial score (nSPS) is 14.7. The number of hydrogen-bond acceptors (Lipinski definition) is 3. The van der Waals surface area contributed by atoms with Crippen LogP contribution in [0.25, 0.3) is 0 Å². The van der Waals surface area contributed by atoms with Crippen LogP contribution in [0.5, 0.6) is 0 Å². The standard InChI is InChI=1S/C15H15NO4/c1-3-10-4-5-12-11(8-10)13(17)14(18)16(12)7-6-9(2)15(19)20/h4-6,8H,3,7H2,1-2H3,(H,19,20). The molecular formula is C15H15NO4. The van der Waals surface area contributed by atoms with Gasteiger partial charge < -0.3 is 10.0 Å². The maximum absolute atomic E-state index is 11.9. The Bertz CT molecular complexity index is 631. The van der Waals surface area contributed by atoms with Crippen molar-refractivity contribution in [2.75, 3.05) is 11.4 Å². The predicted octanol–water partition coefficient (Wildman–Crippen LogP) is 1.81. The van der Waals surface area contributed by atoms with Gasteiger partial charge in [0.2, 0.25) is 0 Å². The summed E-state index contributed by atoms with van der Waals surface area (Å²) in [6.07, 6.45) is 2.21. The molecule has 5 heteroatoms. The highest BCUT2D eigenvalue weighted by Gasteiger charge is 2.35. The Morgan fingerprint density at radius 3 is 2.65 bits per heavy atom. The quantitative estimate of drug-likeness (QED) is 0.670. The summed E-state index contributed by atoms with van der Waals surface area (Å²) in [7, 11) is 0. The van der Waals surface area contributed by atoms with Crippen LogP contribution in [0.2, 0.25) is 0 Å². The Labute approximate surface area is 116 Å². The molecule has 5 nitrogen and oxygen atoms in total. The zero-order valence-electron chi connectivity index (χ0n) is 11.3. The molecule has 1 amide bonds. The summed E-state index contributed by atoms with van der Waals surface area (Å²) in [5.41, 5.74) is 2.08. The molecule has 0 saturated heterocycles. The van der Waals surface area contributed by atoms with Gasteiger partial charge >= 0.3 is 5.97 Å². The molecule has 0 unspecified atom stereocenters. The summed E-state index contributed by atoms with van der Waals surface area (Å²) in [5, 5.41) is 8.80. The molecular weight excluding hydrogens is 258 g/mol. The highest BCUT2D eigenvalue weighted by atomic mass is 16.4. The first kappa shape index (κ1) is 14.0. The number of carboxylic acids is 1. The summed E-state index contributed by atoms with van der Waals surface area (Å²) in [6.45, 7) is 3.51. The molecule has 2 rings (SSSR count). The SMILES string of the molecule is CCc1ccc2c(c1)C(=O)C(=O)N2CC=C(C)C(=O)O. The molecule has 1 aromatic rings. The van der Waals surface area contributed by atoms with Gasteiger partial charge in [-0.3, -0.25) is 9.59 Å². The molecule has 104 valence electrons. The fourth-order valence-electron chi connectivity index (χ4n) is 2.06. The summed E-state index contributed by atoms with van der Waals surface area (Å²) in [4.78, 5) is 35.9. The summed E-state index contributed by atoms with van der Waals surface area (Å²) < 4.78 is 0. The van der Waals surface area contributed by atoms with Crippen LogP contribution in [0.1, 0.15) is 29.8 Å². The molecule has 0 aromatic heterocycles. The highest BCUT2D eigenvalue weighted by Crippen LogP contribution is 2.29. The lowest BCUT2D eigenvalue weighted by Crippen LogP contribution is -2.30. The molecule has 1 aliphatic heterocycles. The van der Waals surface area contributed by atoms with Gasteiger partial charge in [-0.1, -0.05) is 19.1 Å². The molecule has 0 atom stereocenters. The number of aryl methyl sites for hydroxylation is 1. The maximum atomic E-state index is 11.9. The van der Waals surface area contributed by atoms with Crippen molar-refractivity contribution in [3.8, 4) is 0 Å². The van der Waals surface area contributed by atoms with E-state index in [9.17, 15) is 14.4 Å². The van der Waals surface area contributed by atoms with Crippen molar-refractivity contribution in [3.05, 3.63) is 41.0 Å². The number of aliphatic carboxylic acids is 1. The molecule has 0 fully saturated rings. The third kappa shape index (κ3) is 2.34. The predicted molar refractivity (Wildman–Crippen MR) is 73.9 cm³/mol. The second-order valence-corrected chi connectivity index (χ2v) is 4.64. The van der Waals surface area contributed by atoms with Crippen molar-refractivity contribution >= 4 is 23.3 Å². The Morgan fingerprint density at radius 1 is 1.35 bits per heavy atom. The first-order valence-corrected chi connectivity index (χ1v) is 6.35. The number of carbonyl (C=O) groups excluding carboxylic acids is 2. The molecule has 20 heavy (non-hydrogen) atoms. The van der Waals surface area contributed by atoms with Gasteiger partial charge in [0.1, 0.15) is 0 Å². The van der Waals surface area contributed by atoms with E-state index in [2.05, 4.69) is 0 Å². The van der Waals surface area contributed by atoms with Crippen LogP contribution >= 0.6 is 0 Å². The summed E-state index contributed by atoms with van der Waals surface area (Å²) >= 11 is 0. The molecule has 0 radical (unpaired) electrons. The van der Waals surface area contributed by atoms with Gasteiger partial charge in [-0.05, 0) is 31.0 Å². The van der Waals surface area contributed by atoms with E-state index in [1.807, 2.05) is 13.0 Å². The monoisotopic (exact) mass is 273 g/mol. The number of fused-ring (bicyclic) bond motifs is 1. The molecule has 1 heterocycles. The highest BCUT2D eigenvalue weighted by molar-refractivity contribution is 6.52. The number of ketones is 1. The van der Waals surface area contributed by atoms with Crippen molar-refractivity contribution in [3.63, 3.8) is 0 Å². The van der Waals surface area contributed by atoms with Crippen LogP contribution in [-0.4, -0.2) is 29.3 Å². The number of carboxylic acid groups (broad SMARTS) is 1. The first-order valence-electron chi connectivity index (χ1n) is 6.35. The van der Waals surface area contributed by atoms with Crippen LogP contribution in [0.3, 0.4) is 0 Å². The number of benzene rings is 1. The van der Waals surface area contributed by atoms with Crippen LogP contribution in [0.15, 0.2) is 29.8 Å². The van der Waals surface area contributed by atoms with Gasteiger partial charge in [0.05, 0.1) is 11.3 Å². The Kier molecular flexibility index (Phi) is 3.70. The minimum absolute atomic E-state index is 0.0845. The first-order chi connectivity index (χ1) is 9.45. The van der Waals surface area contributed by atoms with Crippen molar-refractivity contribution in [2.45, 2.75) is 20.3 Å². The summed E-state index contributed by atoms with van der Waals surface area (Å²) in [5.74, 6) is -2.18. The molecule has 0 bridgehead atoms. The lowest BCUT2D eigenvalue weighted by molar-refractivity contribution is -0.132. The lowest BCUT2D eigenvalue weighted by atomic mass is 10.1. The van der Waals surface area contributed by atoms with E-state index in [0.29, 0.717) is 11.3 Å². The van der Waals surface area contributed by atoms with Crippen molar-refractivity contribution in [2.24, 2.45) is 0 Å². The minimum atomic E-state index is -1.04. The fraction of sp³-hybridized carbons (Fsp3) is 0.267. The Balaban J connectivity index is 2.34. The summed E-state index contributed by atoms with van der Waals surface area (Å²) in [6, 6.07) is 5.33. The van der Waals surface area contributed by atoms with Gasteiger partial charge in [0.25, 0.3) is 11.7 Å². The number of amides is 1. The van der Waals surface area contributed by atoms with E-state index in [4.69, 9.17) is 5.11 Å². The third-order valence-corrected chi connectivity index (χ3v) is 3.36. The smallest absolute Gasteiger partial charge is 0.331 e.